The maximum Gasteiger partial charge on any atom is 0.288 e. The van der Waals surface area contributed by atoms with Crippen LogP contribution in [-0.4, -0.2) is 10.8 Å². The fourth-order valence-electron chi connectivity index (χ4n) is 3.08. The van der Waals surface area contributed by atoms with E-state index in [9.17, 15) is 20.2 Å². The minimum Gasteiger partial charge on any atom is -0.445 e. The summed E-state index contributed by atoms with van der Waals surface area (Å²) in [6.45, 7) is 1.54. The van der Waals surface area contributed by atoms with Crippen LogP contribution in [-0.2, 0) is 9.53 Å². The molecule has 1 heterocycles. The van der Waals surface area contributed by atoms with Crippen molar-refractivity contribution in [2.75, 3.05) is 5.32 Å². The molecule has 0 aliphatic carbocycles. The molecule has 0 fully saturated rings. The van der Waals surface area contributed by atoms with E-state index in [1.807, 2.05) is 6.07 Å². The first kappa shape index (κ1) is 19.9. The lowest BCUT2D eigenvalue weighted by molar-refractivity contribution is -0.384. The molecule has 8 nitrogen and oxygen atoms in total. The van der Waals surface area contributed by atoms with Crippen LogP contribution in [0.15, 0.2) is 71.3 Å². The number of hydrogen-bond donors (Lipinski definition) is 2. The molecular weight excluding hydrogens is 396 g/mol. The molecule has 1 aliphatic heterocycles. The number of nitrogens with zero attached hydrogens (tertiary/aromatic N) is 2. The van der Waals surface area contributed by atoms with Gasteiger partial charge in [0, 0.05) is 11.8 Å². The van der Waals surface area contributed by atoms with Crippen LogP contribution in [0.4, 0.5) is 11.4 Å². The van der Waals surface area contributed by atoms with E-state index in [-0.39, 0.29) is 33.5 Å². The van der Waals surface area contributed by atoms with Crippen LogP contribution in [0.25, 0.3) is 0 Å². The van der Waals surface area contributed by atoms with Crippen molar-refractivity contribution in [3.63, 3.8) is 0 Å². The number of carbonyl (C=O) groups excluding carboxylic acids is 1. The average Bonchev–Trinajstić information content (AvgIpc) is 2.68. The third kappa shape index (κ3) is 3.90. The Balaban J connectivity index is 2.12. The number of nitrogens with one attached hydrogen (secondary N) is 1. The highest BCUT2D eigenvalue weighted by molar-refractivity contribution is 6.32. The van der Waals surface area contributed by atoms with Gasteiger partial charge in [0.1, 0.15) is 22.4 Å². The molecule has 2 aromatic carbocycles. The summed E-state index contributed by atoms with van der Waals surface area (Å²) in [6.07, 6.45) is 0. The molecule has 3 N–H and O–H groups in total. The molecule has 0 saturated carbocycles. The second-order valence-electron chi connectivity index (χ2n) is 6.18. The topological polar surface area (TPSA) is 131 Å². The second-order valence-corrected chi connectivity index (χ2v) is 6.59. The third-order valence-corrected chi connectivity index (χ3v) is 4.70. The first-order valence-corrected chi connectivity index (χ1v) is 8.80. The summed E-state index contributed by atoms with van der Waals surface area (Å²) in [6, 6.07) is 14.8. The first-order valence-electron chi connectivity index (χ1n) is 8.42. The number of ether oxygens (including phenoxy) is 1. The van der Waals surface area contributed by atoms with Crippen molar-refractivity contribution >= 4 is 28.9 Å². The van der Waals surface area contributed by atoms with E-state index in [0.717, 1.165) is 0 Å². The fourth-order valence-corrected chi connectivity index (χ4v) is 3.26. The molecule has 2 aromatic rings. The summed E-state index contributed by atoms with van der Waals surface area (Å²) in [5, 5.41) is 23.6. The number of rotatable bonds is 4. The summed E-state index contributed by atoms with van der Waals surface area (Å²) >= 11 is 5.90. The molecule has 9 heteroatoms. The van der Waals surface area contributed by atoms with Crippen LogP contribution in [0.1, 0.15) is 18.4 Å². The highest BCUT2D eigenvalue weighted by atomic mass is 35.5. The molecule has 146 valence electrons. The largest absolute Gasteiger partial charge is 0.445 e. The summed E-state index contributed by atoms with van der Waals surface area (Å²) in [7, 11) is 0. The maximum absolute atomic E-state index is 13.0. The van der Waals surface area contributed by atoms with Crippen molar-refractivity contribution < 1.29 is 14.5 Å². The number of nitro benzene ring substituents is 1. The lowest BCUT2D eigenvalue weighted by Crippen LogP contribution is -2.27. The van der Waals surface area contributed by atoms with E-state index >= 15 is 0 Å². The van der Waals surface area contributed by atoms with Crippen LogP contribution in [0.2, 0.25) is 5.02 Å². The van der Waals surface area contributed by atoms with E-state index < -0.39 is 16.7 Å². The molecule has 0 aromatic heterocycles. The van der Waals surface area contributed by atoms with Gasteiger partial charge in [-0.15, -0.1) is 0 Å². The summed E-state index contributed by atoms with van der Waals surface area (Å²) < 4.78 is 5.41. The average molecular weight is 411 g/mol. The first-order chi connectivity index (χ1) is 13.8. The number of para-hydroxylation sites is 1. The Labute approximate surface area is 171 Å². The van der Waals surface area contributed by atoms with E-state index in [1.54, 1.807) is 30.3 Å². The van der Waals surface area contributed by atoms with Crippen LogP contribution in [0.5, 0.6) is 0 Å². The number of carbonyl (C=O) groups is 1. The number of allylic oxidation sites excluding steroid dienone is 2. The number of benzene rings is 2. The molecule has 0 radical (unpaired) electrons. The van der Waals surface area contributed by atoms with Gasteiger partial charge in [-0.3, -0.25) is 14.9 Å². The van der Waals surface area contributed by atoms with Gasteiger partial charge in [0.05, 0.1) is 16.4 Å². The highest BCUT2D eigenvalue weighted by Gasteiger charge is 2.36. The number of amides is 1. The molecule has 1 amide bonds. The van der Waals surface area contributed by atoms with Crippen LogP contribution in [0, 0.1) is 21.4 Å². The molecule has 1 aliphatic rings. The summed E-state index contributed by atoms with van der Waals surface area (Å²) in [4.78, 5) is 23.7. The number of halogens is 1. The number of hydrogen-bond acceptors (Lipinski definition) is 6. The predicted molar refractivity (Wildman–Crippen MR) is 107 cm³/mol. The summed E-state index contributed by atoms with van der Waals surface area (Å²) in [5.74, 6) is -1.44. The fraction of sp³-hybridized carbons (Fsp3) is 0.100. The molecule has 0 saturated heterocycles. The minimum atomic E-state index is -0.951. The zero-order valence-corrected chi connectivity index (χ0v) is 15.9. The Morgan fingerprint density at radius 2 is 2.00 bits per heavy atom. The third-order valence-electron chi connectivity index (χ3n) is 4.38. The van der Waals surface area contributed by atoms with Crippen molar-refractivity contribution in [3.05, 3.63) is 92.0 Å². The van der Waals surface area contributed by atoms with Gasteiger partial charge >= 0.3 is 0 Å². The van der Waals surface area contributed by atoms with Crippen molar-refractivity contribution in [1.29, 1.82) is 5.26 Å². The van der Waals surface area contributed by atoms with E-state index in [0.29, 0.717) is 11.3 Å². The molecular formula is C20H15ClN4O4. The van der Waals surface area contributed by atoms with Crippen LogP contribution in [0.3, 0.4) is 0 Å². The quantitative estimate of drug-likeness (QED) is 0.579. The Morgan fingerprint density at radius 1 is 1.31 bits per heavy atom. The normalized spacial score (nSPS) is 16.1. The number of nitrogens with two attached hydrogens (primary N) is 1. The molecule has 3 rings (SSSR count). The zero-order valence-electron chi connectivity index (χ0n) is 15.2. The van der Waals surface area contributed by atoms with Crippen molar-refractivity contribution in [3.8, 4) is 6.07 Å². The molecule has 0 bridgehead atoms. The van der Waals surface area contributed by atoms with Crippen molar-refractivity contribution in [2.45, 2.75) is 12.8 Å². The van der Waals surface area contributed by atoms with Gasteiger partial charge in [0.25, 0.3) is 11.6 Å². The van der Waals surface area contributed by atoms with E-state index in [1.165, 1.54) is 25.1 Å². The predicted octanol–water partition coefficient (Wildman–Crippen LogP) is 3.97. The van der Waals surface area contributed by atoms with Crippen molar-refractivity contribution in [2.24, 2.45) is 5.73 Å². The van der Waals surface area contributed by atoms with Crippen molar-refractivity contribution in [1.82, 2.24) is 0 Å². The Hall–Kier alpha value is -3.83. The van der Waals surface area contributed by atoms with Gasteiger partial charge in [-0.25, -0.2) is 0 Å². The van der Waals surface area contributed by atoms with E-state index in [2.05, 4.69) is 5.32 Å². The van der Waals surface area contributed by atoms with Gasteiger partial charge in [-0.05, 0) is 30.7 Å². The Kier molecular flexibility index (Phi) is 5.52. The molecule has 1 atom stereocenters. The lowest BCUT2D eigenvalue weighted by atomic mass is 9.82. The van der Waals surface area contributed by atoms with E-state index in [4.69, 9.17) is 22.1 Å². The highest BCUT2D eigenvalue weighted by Crippen LogP contribution is 2.41. The molecule has 29 heavy (non-hydrogen) atoms. The Bertz CT molecular complexity index is 1100. The zero-order chi connectivity index (χ0) is 21.1. The molecule has 0 spiro atoms. The monoisotopic (exact) mass is 410 g/mol. The molecule has 0 unspecified atom stereocenters. The van der Waals surface area contributed by atoms with Gasteiger partial charge in [0.15, 0.2) is 0 Å². The van der Waals surface area contributed by atoms with Crippen LogP contribution >= 0.6 is 11.6 Å². The number of anilines is 1. The van der Waals surface area contributed by atoms with Gasteiger partial charge in [-0.2, -0.15) is 5.26 Å². The number of nitro groups is 1. The maximum atomic E-state index is 13.0. The van der Waals surface area contributed by atoms with Gasteiger partial charge in [-0.1, -0.05) is 35.9 Å². The number of nitriles is 1. The van der Waals surface area contributed by atoms with Crippen LogP contribution < -0.4 is 11.1 Å². The standard InChI is InChI=1S/C20H15ClN4O4/c1-11-17(20(26)24-13-5-3-2-4-6-13)18(14(10-22)19(23)29-11)12-7-8-15(21)16(9-12)25(27)28/h2-9,18H,23H2,1H3,(H,24,26)/t18-/m0/s1. The summed E-state index contributed by atoms with van der Waals surface area (Å²) in [5.41, 5.74) is 6.48. The second kappa shape index (κ2) is 8.04. The Morgan fingerprint density at radius 3 is 2.62 bits per heavy atom. The van der Waals surface area contributed by atoms with Gasteiger partial charge in [0.2, 0.25) is 5.88 Å². The minimum absolute atomic E-state index is 0.0227. The van der Waals surface area contributed by atoms with Gasteiger partial charge < -0.3 is 15.8 Å². The SMILES string of the molecule is CC1=C(C(=O)Nc2ccccc2)[C@@H](c2ccc(Cl)c([N+](=O)[O-])c2)C(C#N)=C(N)O1. The smallest absolute Gasteiger partial charge is 0.288 e. The lowest BCUT2D eigenvalue weighted by Gasteiger charge is -2.27.